The number of rotatable bonds is 9. The Labute approximate surface area is 149 Å². The number of hydrogen-bond acceptors (Lipinski definition) is 4. The van der Waals surface area contributed by atoms with Crippen LogP contribution in [0.1, 0.15) is 27.9 Å². The van der Waals surface area contributed by atoms with Gasteiger partial charge in [-0.15, -0.1) is 0 Å². The molecule has 134 valence electrons. The third-order valence-electron chi connectivity index (χ3n) is 3.85. The zero-order valence-corrected chi connectivity index (χ0v) is 15.0. The van der Waals surface area contributed by atoms with Gasteiger partial charge in [0.2, 0.25) is 0 Å². The Balaban J connectivity index is 1.77. The van der Waals surface area contributed by atoms with Gasteiger partial charge in [0.05, 0.1) is 6.61 Å². The van der Waals surface area contributed by atoms with Crippen molar-refractivity contribution in [2.45, 2.75) is 19.5 Å². The van der Waals surface area contributed by atoms with Crippen molar-refractivity contribution in [1.29, 1.82) is 0 Å². The summed E-state index contributed by atoms with van der Waals surface area (Å²) >= 11 is 0. The first-order valence-electron chi connectivity index (χ1n) is 8.52. The van der Waals surface area contributed by atoms with Crippen LogP contribution >= 0.6 is 0 Å². The van der Waals surface area contributed by atoms with Crippen molar-refractivity contribution in [1.82, 2.24) is 10.2 Å². The third-order valence-corrected chi connectivity index (χ3v) is 3.85. The second-order valence-electron chi connectivity index (χ2n) is 6.23. The molecule has 0 spiro atoms. The van der Waals surface area contributed by atoms with Gasteiger partial charge in [0.1, 0.15) is 5.75 Å². The maximum Gasteiger partial charge on any atom is 0.251 e. The summed E-state index contributed by atoms with van der Waals surface area (Å²) in [5.41, 5.74) is 8.25. The standard InChI is InChI=1S/C20H27N3O2/c1-23(2)12-3-13-25-19-10-6-17(7-11-19)15-22-20(24)18-8-4-16(14-21)5-9-18/h4-11H,3,12-15,21H2,1-2H3,(H,22,24). The van der Waals surface area contributed by atoms with Crippen molar-refractivity contribution in [3.05, 3.63) is 65.2 Å². The average molecular weight is 341 g/mol. The number of nitrogens with one attached hydrogen (secondary N) is 1. The van der Waals surface area contributed by atoms with Crippen molar-refractivity contribution < 1.29 is 9.53 Å². The minimum absolute atomic E-state index is 0.0902. The molecule has 0 bridgehead atoms. The molecule has 0 aliphatic heterocycles. The van der Waals surface area contributed by atoms with Crippen LogP contribution in [-0.2, 0) is 13.1 Å². The van der Waals surface area contributed by atoms with Gasteiger partial charge in [-0.05, 0) is 55.9 Å². The lowest BCUT2D eigenvalue weighted by Crippen LogP contribution is -2.22. The minimum Gasteiger partial charge on any atom is -0.494 e. The van der Waals surface area contributed by atoms with Gasteiger partial charge in [-0.3, -0.25) is 4.79 Å². The summed E-state index contributed by atoms with van der Waals surface area (Å²) in [7, 11) is 4.10. The smallest absolute Gasteiger partial charge is 0.251 e. The van der Waals surface area contributed by atoms with E-state index in [4.69, 9.17) is 10.5 Å². The lowest BCUT2D eigenvalue weighted by molar-refractivity contribution is 0.0951. The molecule has 0 radical (unpaired) electrons. The molecule has 0 fully saturated rings. The molecule has 25 heavy (non-hydrogen) atoms. The first-order chi connectivity index (χ1) is 12.1. The Morgan fingerprint density at radius 2 is 1.68 bits per heavy atom. The lowest BCUT2D eigenvalue weighted by Gasteiger charge is -2.11. The highest BCUT2D eigenvalue weighted by molar-refractivity contribution is 5.94. The fourth-order valence-electron chi connectivity index (χ4n) is 2.35. The molecule has 0 saturated heterocycles. The molecule has 0 unspecified atom stereocenters. The van der Waals surface area contributed by atoms with Crippen LogP contribution in [0.15, 0.2) is 48.5 Å². The summed E-state index contributed by atoms with van der Waals surface area (Å²) in [6.45, 7) is 2.67. The summed E-state index contributed by atoms with van der Waals surface area (Å²) < 4.78 is 5.70. The summed E-state index contributed by atoms with van der Waals surface area (Å²) in [6.07, 6.45) is 0.994. The highest BCUT2D eigenvalue weighted by atomic mass is 16.5. The Morgan fingerprint density at radius 1 is 1.04 bits per heavy atom. The van der Waals surface area contributed by atoms with Gasteiger partial charge in [-0.1, -0.05) is 24.3 Å². The topological polar surface area (TPSA) is 67.6 Å². The van der Waals surface area contributed by atoms with E-state index in [0.717, 1.165) is 29.8 Å². The van der Waals surface area contributed by atoms with E-state index in [-0.39, 0.29) is 5.91 Å². The zero-order valence-electron chi connectivity index (χ0n) is 15.0. The normalized spacial score (nSPS) is 10.7. The van der Waals surface area contributed by atoms with Crippen molar-refractivity contribution in [3.8, 4) is 5.75 Å². The quantitative estimate of drug-likeness (QED) is 0.687. The second-order valence-corrected chi connectivity index (χ2v) is 6.23. The molecule has 0 aliphatic rings. The number of carbonyl (C=O) groups excluding carboxylic acids is 1. The Morgan fingerprint density at radius 3 is 2.28 bits per heavy atom. The van der Waals surface area contributed by atoms with Crippen LogP contribution in [-0.4, -0.2) is 38.1 Å². The first kappa shape index (κ1) is 19.0. The number of nitrogens with zero attached hydrogens (tertiary/aromatic N) is 1. The van der Waals surface area contributed by atoms with Crippen molar-refractivity contribution >= 4 is 5.91 Å². The molecule has 2 rings (SSSR count). The summed E-state index contributed by atoms with van der Waals surface area (Å²) in [5, 5.41) is 2.92. The van der Waals surface area contributed by atoms with Gasteiger partial charge >= 0.3 is 0 Å². The number of hydrogen-bond donors (Lipinski definition) is 2. The number of nitrogens with two attached hydrogens (primary N) is 1. The van der Waals surface area contributed by atoms with Gasteiger partial charge < -0.3 is 20.7 Å². The van der Waals surface area contributed by atoms with Gasteiger partial charge in [0.15, 0.2) is 0 Å². The largest absolute Gasteiger partial charge is 0.494 e. The van der Waals surface area contributed by atoms with E-state index in [0.29, 0.717) is 25.3 Å². The van der Waals surface area contributed by atoms with Crippen LogP contribution in [0.25, 0.3) is 0 Å². The number of carbonyl (C=O) groups is 1. The summed E-state index contributed by atoms with van der Waals surface area (Å²) in [4.78, 5) is 14.3. The molecule has 5 heteroatoms. The van der Waals surface area contributed by atoms with E-state index in [1.165, 1.54) is 0 Å². The lowest BCUT2D eigenvalue weighted by atomic mass is 10.1. The Hall–Kier alpha value is -2.37. The summed E-state index contributed by atoms with van der Waals surface area (Å²) in [6, 6.07) is 15.2. The van der Waals surface area contributed by atoms with Crippen molar-refractivity contribution in [3.63, 3.8) is 0 Å². The van der Waals surface area contributed by atoms with Crippen molar-refractivity contribution in [2.75, 3.05) is 27.2 Å². The van der Waals surface area contributed by atoms with E-state index in [9.17, 15) is 4.79 Å². The fraction of sp³-hybridized carbons (Fsp3) is 0.350. The molecular weight excluding hydrogens is 314 g/mol. The number of amides is 1. The second kappa shape index (κ2) is 9.81. The number of benzene rings is 2. The van der Waals surface area contributed by atoms with Crippen LogP contribution in [0.2, 0.25) is 0 Å². The molecule has 2 aromatic carbocycles. The van der Waals surface area contributed by atoms with Crippen LogP contribution < -0.4 is 15.8 Å². The maximum absolute atomic E-state index is 12.1. The Kier molecular flexibility index (Phi) is 7.44. The maximum atomic E-state index is 12.1. The highest BCUT2D eigenvalue weighted by Crippen LogP contribution is 2.13. The predicted octanol–water partition coefficient (Wildman–Crippen LogP) is 2.41. The van der Waals surface area contributed by atoms with E-state index < -0.39 is 0 Å². The van der Waals surface area contributed by atoms with E-state index in [1.807, 2.05) is 36.4 Å². The van der Waals surface area contributed by atoms with E-state index in [2.05, 4.69) is 24.3 Å². The van der Waals surface area contributed by atoms with E-state index >= 15 is 0 Å². The molecule has 2 aromatic rings. The number of ether oxygens (including phenoxy) is 1. The molecule has 1 amide bonds. The van der Waals surface area contributed by atoms with Gasteiger partial charge in [0.25, 0.3) is 5.91 Å². The average Bonchev–Trinajstić information content (AvgIpc) is 2.64. The Bertz CT molecular complexity index is 652. The van der Waals surface area contributed by atoms with Crippen LogP contribution in [0, 0.1) is 0 Å². The monoisotopic (exact) mass is 341 g/mol. The van der Waals surface area contributed by atoms with Gasteiger partial charge in [-0.25, -0.2) is 0 Å². The SMILES string of the molecule is CN(C)CCCOc1ccc(CNC(=O)c2ccc(CN)cc2)cc1. The molecule has 5 nitrogen and oxygen atoms in total. The summed E-state index contributed by atoms with van der Waals surface area (Å²) in [5.74, 6) is 0.763. The van der Waals surface area contributed by atoms with Crippen molar-refractivity contribution in [2.24, 2.45) is 5.73 Å². The van der Waals surface area contributed by atoms with Gasteiger partial charge in [-0.2, -0.15) is 0 Å². The van der Waals surface area contributed by atoms with Crippen LogP contribution in [0.4, 0.5) is 0 Å². The molecule has 0 atom stereocenters. The minimum atomic E-state index is -0.0902. The van der Waals surface area contributed by atoms with Crippen LogP contribution in [0.5, 0.6) is 5.75 Å². The van der Waals surface area contributed by atoms with E-state index in [1.54, 1.807) is 12.1 Å². The van der Waals surface area contributed by atoms with Gasteiger partial charge in [0, 0.05) is 25.2 Å². The molecule has 3 N–H and O–H groups in total. The molecule has 0 aromatic heterocycles. The third kappa shape index (κ3) is 6.57. The molecular formula is C20H27N3O2. The molecule has 0 heterocycles. The predicted molar refractivity (Wildman–Crippen MR) is 101 cm³/mol. The van der Waals surface area contributed by atoms with Crippen LogP contribution in [0.3, 0.4) is 0 Å². The first-order valence-corrected chi connectivity index (χ1v) is 8.52. The molecule has 0 saturated carbocycles. The highest BCUT2D eigenvalue weighted by Gasteiger charge is 2.05. The molecule has 0 aliphatic carbocycles. The fourth-order valence-corrected chi connectivity index (χ4v) is 2.35. The zero-order chi connectivity index (χ0) is 18.1.